The highest BCUT2D eigenvalue weighted by molar-refractivity contribution is 6.42. The maximum atomic E-state index is 6.58. The van der Waals surface area contributed by atoms with Gasteiger partial charge in [-0.1, -0.05) is 60.7 Å². The molecule has 0 radical (unpaired) electrons. The first-order valence-corrected chi connectivity index (χ1v) is 7.72. The van der Waals surface area contributed by atoms with Gasteiger partial charge in [-0.15, -0.1) is 0 Å². The fourth-order valence-corrected chi connectivity index (χ4v) is 3.94. The van der Waals surface area contributed by atoms with E-state index in [1.165, 1.54) is 11.1 Å². The van der Waals surface area contributed by atoms with E-state index in [4.69, 9.17) is 4.65 Å². The second-order valence-electron chi connectivity index (χ2n) is 5.91. The number of hydrogen-bond acceptors (Lipinski definition) is 1. The molecule has 2 nitrogen and oxygen atoms in total. The highest BCUT2D eigenvalue weighted by atomic mass is 16.5. The number of hydrogen-bond donors (Lipinski definition) is 0. The quantitative estimate of drug-likeness (QED) is 0.766. The first-order chi connectivity index (χ1) is 10.3. The molecule has 1 fully saturated rings. The standard InChI is InChI=1S/C18H19BNO/c1-19-20-14-8-13-17(20)18(21-19,15-9-4-2-5-10-15)16-11-6-3-7-12-16/h2-7,9-12,14,17H,8,13H2,1H3/q+1. The normalized spacial score (nSPS) is 23.0. The molecule has 0 amide bonds. The first kappa shape index (κ1) is 12.8. The van der Waals surface area contributed by atoms with Crippen molar-refractivity contribution < 1.29 is 9.14 Å². The molecule has 2 aromatic carbocycles. The summed E-state index contributed by atoms with van der Waals surface area (Å²) in [6, 6.07) is 21.7. The number of benzene rings is 2. The van der Waals surface area contributed by atoms with Crippen molar-refractivity contribution in [3.63, 3.8) is 0 Å². The third-order valence-corrected chi connectivity index (χ3v) is 4.79. The average Bonchev–Trinajstić information content (AvgIpc) is 3.13. The molecule has 2 aliphatic heterocycles. The lowest BCUT2D eigenvalue weighted by Gasteiger charge is -2.31. The molecule has 2 heterocycles. The molecule has 0 spiro atoms. The van der Waals surface area contributed by atoms with Crippen LogP contribution in [-0.4, -0.2) is 23.8 Å². The lowest BCUT2D eigenvalue weighted by molar-refractivity contribution is -0.419. The van der Waals surface area contributed by atoms with Crippen molar-refractivity contribution in [3.05, 3.63) is 71.8 Å². The monoisotopic (exact) mass is 276 g/mol. The summed E-state index contributed by atoms with van der Waals surface area (Å²) in [5.41, 5.74) is 2.16. The summed E-state index contributed by atoms with van der Waals surface area (Å²) in [6.07, 6.45) is 4.59. The summed E-state index contributed by atoms with van der Waals surface area (Å²) < 4.78 is 8.99. The highest BCUT2D eigenvalue weighted by Gasteiger charge is 2.62. The van der Waals surface area contributed by atoms with Gasteiger partial charge in [-0.05, 0) is 11.1 Å². The molecule has 1 atom stereocenters. The fraction of sp³-hybridized carbons (Fsp3) is 0.278. The van der Waals surface area contributed by atoms with E-state index < -0.39 is 0 Å². The molecule has 2 aromatic rings. The number of fused-ring (bicyclic) bond motifs is 1. The van der Waals surface area contributed by atoms with Crippen molar-refractivity contribution in [2.45, 2.75) is 31.3 Å². The second-order valence-corrected chi connectivity index (χ2v) is 5.91. The van der Waals surface area contributed by atoms with Crippen LogP contribution >= 0.6 is 0 Å². The average molecular weight is 276 g/mol. The maximum Gasteiger partial charge on any atom is 0.652 e. The minimum Gasteiger partial charge on any atom is -0.353 e. The largest absolute Gasteiger partial charge is 0.652 e. The van der Waals surface area contributed by atoms with Crippen LogP contribution in [0.4, 0.5) is 0 Å². The summed E-state index contributed by atoms with van der Waals surface area (Å²) >= 11 is 0. The van der Waals surface area contributed by atoms with Crippen LogP contribution in [0, 0.1) is 0 Å². The maximum absolute atomic E-state index is 6.58. The van der Waals surface area contributed by atoms with E-state index in [0.29, 0.717) is 6.04 Å². The third-order valence-electron chi connectivity index (χ3n) is 4.79. The van der Waals surface area contributed by atoms with Crippen LogP contribution in [0.15, 0.2) is 60.7 Å². The number of rotatable bonds is 2. The molecule has 0 aliphatic carbocycles. The summed E-state index contributed by atoms with van der Waals surface area (Å²) in [5, 5.41) is 0. The molecule has 0 aromatic heterocycles. The molecule has 3 heteroatoms. The molecule has 0 bridgehead atoms. The van der Waals surface area contributed by atoms with Crippen LogP contribution < -0.4 is 0 Å². The van der Waals surface area contributed by atoms with Gasteiger partial charge in [0.2, 0.25) is 0 Å². The Bertz CT molecular complexity index is 629. The Kier molecular flexibility index (Phi) is 2.97. The van der Waals surface area contributed by atoms with E-state index in [1.807, 2.05) is 0 Å². The van der Waals surface area contributed by atoms with Gasteiger partial charge in [-0.3, -0.25) is 4.49 Å². The summed E-state index contributed by atoms with van der Waals surface area (Å²) in [6.45, 7) is 2.16. The van der Waals surface area contributed by atoms with Crippen molar-refractivity contribution >= 4 is 13.3 Å². The Hall–Kier alpha value is -1.87. The predicted molar refractivity (Wildman–Crippen MR) is 85.7 cm³/mol. The number of nitrogens with zero attached hydrogens (tertiary/aromatic N) is 1. The van der Waals surface area contributed by atoms with Crippen LogP contribution in [0.1, 0.15) is 24.0 Å². The van der Waals surface area contributed by atoms with Crippen LogP contribution in [0.25, 0.3) is 0 Å². The summed E-state index contributed by atoms with van der Waals surface area (Å²) in [7, 11) is 0.123. The molecule has 0 N–H and O–H groups in total. The van der Waals surface area contributed by atoms with Gasteiger partial charge in [0.1, 0.15) is 6.21 Å². The van der Waals surface area contributed by atoms with Gasteiger partial charge in [-0.25, -0.2) is 0 Å². The van der Waals surface area contributed by atoms with E-state index >= 15 is 0 Å². The Morgan fingerprint density at radius 3 is 2.14 bits per heavy atom. The molecule has 104 valence electrons. The molecular weight excluding hydrogens is 257 g/mol. The Balaban J connectivity index is 1.95. The SMILES string of the molecule is CB1OC(c2ccccc2)(c2ccccc2)C2CCC=[N+]12. The molecule has 4 rings (SSSR count). The van der Waals surface area contributed by atoms with Crippen LogP contribution in [0.2, 0.25) is 6.82 Å². The zero-order valence-electron chi connectivity index (χ0n) is 12.3. The molecule has 0 saturated carbocycles. The molecule has 1 unspecified atom stereocenters. The summed E-state index contributed by atoms with van der Waals surface area (Å²) in [4.78, 5) is 0. The minimum atomic E-state index is -0.352. The smallest absolute Gasteiger partial charge is 0.353 e. The van der Waals surface area contributed by atoms with E-state index in [2.05, 4.69) is 78.2 Å². The van der Waals surface area contributed by atoms with E-state index in [9.17, 15) is 0 Å². The predicted octanol–water partition coefficient (Wildman–Crippen LogP) is 3.32. The van der Waals surface area contributed by atoms with E-state index in [0.717, 1.165) is 12.8 Å². The van der Waals surface area contributed by atoms with Gasteiger partial charge < -0.3 is 4.65 Å². The van der Waals surface area contributed by atoms with E-state index in [-0.39, 0.29) is 12.7 Å². The molecule has 1 saturated heterocycles. The van der Waals surface area contributed by atoms with Gasteiger partial charge in [0.15, 0.2) is 11.6 Å². The van der Waals surface area contributed by atoms with Gasteiger partial charge in [0.05, 0.1) is 0 Å². The van der Waals surface area contributed by atoms with Crippen LogP contribution in [-0.2, 0) is 10.3 Å². The Morgan fingerprint density at radius 2 is 1.57 bits per heavy atom. The van der Waals surface area contributed by atoms with Crippen LogP contribution in [0.5, 0.6) is 0 Å². The lowest BCUT2D eigenvalue weighted by atomic mass is 9.79. The van der Waals surface area contributed by atoms with E-state index in [1.54, 1.807) is 0 Å². The summed E-state index contributed by atoms with van der Waals surface area (Å²) in [5.74, 6) is 0. The lowest BCUT2D eigenvalue weighted by Crippen LogP contribution is -2.39. The zero-order chi connectivity index (χ0) is 14.3. The molecular formula is C18H19BNO+. The topological polar surface area (TPSA) is 12.2 Å². The van der Waals surface area contributed by atoms with Crippen molar-refractivity contribution in [2.24, 2.45) is 0 Å². The van der Waals surface area contributed by atoms with Crippen LogP contribution in [0.3, 0.4) is 0 Å². The molecule has 21 heavy (non-hydrogen) atoms. The first-order valence-electron chi connectivity index (χ1n) is 7.72. The van der Waals surface area contributed by atoms with Gasteiger partial charge in [0, 0.05) is 19.7 Å². The Morgan fingerprint density at radius 1 is 1.00 bits per heavy atom. The van der Waals surface area contributed by atoms with Crippen molar-refractivity contribution in [1.82, 2.24) is 0 Å². The van der Waals surface area contributed by atoms with Gasteiger partial charge >= 0.3 is 7.05 Å². The Labute approximate surface area is 126 Å². The van der Waals surface area contributed by atoms with Crippen molar-refractivity contribution in [1.29, 1.82) is 0 Å². The fourth-order valence-electron chi connectivity index (χ4n) is 3.94. The zero-order valence-corrected chi connectivity index (χ0v) is 12.3. The van der Waals surface area contributed by atoms with Gasteiger partial charge in [-0.2, -0.15) is 0 Å². The van der Waals surface area contributed by atoms with Crippen molar-refractivity contribution in [3.8, 4) is 0 Å². The highest BCUT2D eigenvalue weighted by Crippen LogP contribution is 2.46. The minimum absolute atomic E-state index is 0.123. The third kappa shape index (κ3) is 1.81. The van der Waals surface area contributed by atoms with Crippen molar-refractivity contribution in [2.75, 3.05) is 0 Å². The molecule has 2 aliphatic rings. The second kappa shape index (κ2) is 4.85. The van der Waals surface area contributed by atoms with Gasteiger partial charge in [0.25, 0.3) is 0 Å².